The Morgan fingerprint density at radius 1 is 0.636 bits per heavy atom. The zero-order valence-electron chi connectivity index (χ0n) is 16.0. The van der Waals surface area contributed by atoms with Crippen LogP contribution in [-0.4, -0.2) is 0 Å². The summed E-state index contributed by atoms with van der Waals surface area (Å²) in [6.07, 6.45) is 16.1. The van der Waals surface area contributed by atoms with Crippen LogP contribution in [0.5, 0.6) is 0 Å². The summed E-state index contributed by atoms with van der Waals surface area (Å²) in [5.41, 5.74) is 4.23. The van der Waals surface area contributed by atoms with Gasteiger partial charge in [-0.1, -0.05) is 64.8 Å². The van der Waals surface area contributed by atoms with Gasteiger partial charge in [0.15, 0.2) is 0 Å². The first-order valence-corrected chi connectivity index (χ1v) is 9.59. The predicted molar refractivity (Wildman–Crippen MR) is 99.0 cm³/mol. The summed E-state index contributed by atoms with van der Waals surface area (Å²) in [5, 5.41) is 0. The Kier molecular flexibility index (Phi) is 5.62. The molecule has 0 unspecified atom stereocenters. The first kappa shape index (κ1) is 17.8. The second kappa shape index (κ2) is 6.93. The molecule has 0 nitrogen and oxygen atoms in total. The van der Waals surface area contributed by atoms with Gasteiger partial charge in [-0.25, -0.2) is 0 Å². The van der Waals surface area contributed by atoms with E-state index in [1.165, 1.54) is 51.4 Å². The van der Waals surface area contributed by atoms with Crippen molar-refractivity contribution >= 4 is 0 Å². The van der Waals surface area contributed by atoms with Crippen molar-refractivity contribution in [3.63, 3.8) is 0 Å². The molecule has 0 aromatic heterocycles. The number of allylic oxidation sites excluding steroid dienone is 4. The molecule has 2 rings (SSSR count). The zero-order chi connectivity index (χ0) is 16.4. The van der Waals surface area contributed by atoms with Crippen molar-refractivity contribution in [3.8, 4) is 0 Å². The number of hydrogen-bond donors (Lipinski definition) is 0. The highest BCUT2D eigenvalue weighted by atomic mass is 14.5. The van der Waals surface area contributed by atoms with Crippen molar-refractivity contribution in [1.82, 2.24) is 0 Å². The summed E-state index contributed by atoms with van der Waals surface area (Å²) in [7, 11) is 0. The summed E-state index contributed by atoms with van der Waals surface area (Å²) >= 11 is 0. The van der Waals surface area contributed by atoms with Crippen LogP contribution in [0, 0.1) is 22.7 Å². The third-order valence-corrected chi connectivity index (χ3v) is 5.65. The molecule has 0 heteroatoms. The molecule has 22 heavy (non-hydrogen) atoms. The van der Waals surface area contributed by atoms with Crippen molar-refractivity contribution in [3.05, 3.63) is 23.3 Å². The van der Waals surface area contributed by atoms with E-state index < -0.39 is 0 Å². The fourth-order valence-corrected chi connectivity index (χ4v) is 4.83. The van der Waals surface area contributed by atoms with Crippen molar-refractivity contribution in [2.75, 3.05) is 0 Å². The molecule has 126 valence electrons. The van der Waals surface area contributed by atoms with Gasteiger partial charge in [0.2, 0.25) is 0 Å². The molecule has 0 saturated heterocycles. The Bertz CT molecular complexity index is 380. The fraction of sp³-hybridized carbons (Fsp3) is 0.818. The van der Waals surface area contributed by atoms with Gasteiger partial charge >= 0.3 is 0 Å². The monoisotopic (exact) mass is 302 g/mol. The standard InChI is InChI=1S/C22H38/c1-21(2,3)19(17-13-9-7-10-14-17)20(22(4,5)6)18-15-11-8-12-16-18/h13,15,19-20H,7-12,14,16H2,1-6H3/t19-,20+. The van der Waals surface area contributed by atoms with Gasteiger partial charge in [0, 0.05) is 0 Å². The van der Waals surface area contributed by atoms with E-state index in [9.17, 15) is 0 Å². The average molecular weight is 303 g/mol. The summed E-state index contributed by atoms with van der Waals surface area (Å²) in [4.78, 5) is 0. The molecule has 2 aliphatic carbocycles. The molecule has 0 saturated carbocycles. The normalized spacial score (nSPS) is 23.5. The molecule has 0 aliphatic heterocycles. The Balaban J connectivity index is 2.43. The van der Waals surface area contributed by atoms with Gasteiger partial charge in [0.05, 0.1) is 0 Å². The van der Waals surface area contributed by atoms with E-state index in [0.717, 1.165) is 0 Å². The summed E-state index contributed by atoms with van der Waals surface area (Å²) < 4.78 is 0. The van der Waals surface area contributed by atoms with Crippen LogP contribution in [0.15, 0.2) is 23.3 Å². The highest BCUT2D eigenvalue weighted by molar-refractivity contribution is 5.23. The summed E-state index contributed by atoms with van der Waals surface area (Å²) in [6.45, 7) is 14.8. The second-order valence-electron chi connectivity index (χ2n) is 9.74. The number of hydrogen-bond acceptors (Lipinski definition) is 0. The van der Waals surface area contributed by atoms with Crippen LogP contribution < -0.4 is 0 Å². The van der Waals surface area contributed by atoms with Crippen molar-refractivity contribution in [1.29, 1.82) is 0 Å². The lowest BCUT2D eigenvalue weighted by Crippen LogP contribution is -2.39. The first-order chi connectivity index (χ1) is 10.2. The SMILES string of the molecule is CC(C)(C)[C@H](C1=CCCCC1)[C@H](C1=CCCCC1)C(C)(C)C. The molecule has 0 N–H and O–H groups in total. The smallest absolute Gasteiger partial charge is 0.00839 e. The van der Waals surface area contributed by atoms with Gasteiger partial charge in [-0.05, 0) is 74.0 Å². The maximum absolute atomic E-state index is 2.60. The molecule has 0 aromatic rings. The van der Waals surface area contributed by atoms with Gasteiger partial charge in [-0.3, -0.25) is 0 Å². The minimum Gasteiger partial charge on any atom is -0.0850 e. The quantitative estimate of drug-likeness (QED) is 0.479. The number of rotatable bonds is 3. The van der Waals surface area contributed by atoms with E-state index in [4.69, 9.17) is 0 Å². The van der Waals surface area contributed by atoms with Gasteiger partial charge in [0.1, 0.15) is 0 Å². The van der Waals surface area contributed by atoms with E-state index >= 15 is 0 Å². The van der Waals surface area contributed by atoms with Crippen molar-refractivity contribution in [2.45, 2.75) is 92.9 Å². The lowest BCUT2D eigenvalue weighted by Gasteiger charge is -2.47. The fourth-order valence-electron chi connectivity index (χ4n) is 4.83. The maximum Gasteiger partial charge on any atom is -0.00839 e. The van der Waals surface area contributed by atoms with Gasteiger partial charge in [-0.15, -0.1) is 0 Å². The molecule has 0 aromatic carbocycles. The van der Waals surface area contributed by atoms with Crippen LogP contribution in [0.25, 0.3) is 0 Å². The van der Waals surface area contributed by atoms with E-state index in [0.29, 0.717) is 22.7 Å². The highest BCUT2D eigenvalue weighted by Gasteiger charge is 2.42. The first-order valence-electron chi connectivity index (χ1n) is 9.59. The Labute approximate surface area is 139 Å². The van der Waals surface area contributed by atoms with E-state index in [2.05, 4.69) is 53.7 Å². The molecular weight excluding hydrogens is 264 g/mol. The van der Waals surface area contributed by atoms with E-state index in [1.807, 2.05) is 0 Å². The Hall–Kier alpha value is -0.520. The van der Waals surface area contributed by atoms with Crippen LogP contribution in [0.1, 0.15) is 92.9 Å². The van der Waals surface area contributed by atoms with Gasteiger partial charge < -0.3 is 0 Å². The lowest BCUT2D eigenvalue weighted by molar-refractivity contribution is 0.116. The topological polar surface area (TPSA) is 0 Å². The largest absolute Gasteiger partial charge is 0.0850 e. The minimum atomic E-state index is 0.347. The molecule has 0 bridgehead atoms. The van der Waals surface area contributed by atoms with E-state index in [1.54, 1.807) is 11.1 Å². The van der Waals surface area contributed by atoms with Crippen LogP contribution in [-0.2, 0) is 0 Å². The maximum atomic E-state index is 2.60. The van der Waals surface area contributed by atoms with Crippen molar-refractivity contribution < 1.29 is 0 Å². The van der Waals surface area contributed by atoms with E-state index in [-0.39, 0.29) is 0 Å². The summed E-state index contributed by atoms with van der Waals surface area (Å²) in [6, 6.07) is 0. The molecule has 2 aliphatic rings. The molecule has 0 amide bonds. The molecule has 0 fully saturated rings. The third kappa shape index (κ3) is 4.27. The summed E-state index contributed by atoms with van der Waals surface area (Å²) in [5.74, 6) is 1.41. The van der Waals surface area contributed by atoms with Gasteiger partial charge in [0.25, 0.3) is 0 Å². The molecule has 0 spiro atoms. The predicted octanol–water partition coefficient (Wildman–Crippen LogP) is 7.31. The third-order valence-electron chi connectivity index (χ3n) is 5.65. The minimum absolute atomic E-state index is 0.347. The van der Waals surface area contributed by atoms with Crippen molar-refractivity contribution in [2.24, 2.45) is 22.7 Å². The van der Waals surface area contributed by atoms with Crippen LogP contribution in [0.3, 0.4) is 0 Å². The Morgan fingerprint density at radius 2 is 1.00 bits per heavy atom. The van der Waals surface area contributed by atoms with Crippen LogP contribution in [0.2, 0.25) is 0 Å². The average Bonchev–Trinajstić information content (AvgIpc) is 2.44. The zero-order valence-corrected chi connectivity index (χ0v) is 16.0. The second-order valence-corrected chi connectivity index (χ2v) is 9.74. The lowest BCUT2D eigenvalue weighted by atomic mass is 9.57. The molecule has 0 radical (unpaired) electrons. The van der Waals surface area contributed by atoms with Crippen LogP contribution >= 0.6 is 0 Å². The Morgan fingerprint density at radius 3 is 1.23 bits per heavy atom. The molecule has 2 atom stereocenters. The molecule has 0 heterocycles. The van der Waals surface area contributed by atoms with Gasteiger partial charge in [-0.2, -0.15) is 0 Å². The molecular formula is C22H38. The van der Waals surface area contributed by atoms with Crippen LogP contribution in [0.4, 0.5) is 0 Å². The highest BCUT2D eigenvalue weighted by Crippen LogP contribution is 2.51.